The molecular weight excluding hydrogens is 905 g/mol. The first-order valence-electron chi connectivity index (χ1n) is 23.8. The minimum absolute atomic E-state index is 0.0121. The average molecular weight is 979 g/mol. The first kappa shape index (κ1) is 57.9. The van der Waals surface area contributed by atoms with E-state index in [2.05, 4.69) is 21.3 Å². The summed E-state index contributed by atoms with van der Waals surface area (Å²) in [5.74, 6) is -6.73. The molecule has 20 nitrogen and oxygen atoms in total. The molecule has 0 saturated carbocycles. The predicted molar refractivity (Wildman–Crippen MR) is 259 cm³/mol. The second kappa shape index (κ2) is 27.7. The first-order valence-corrected chi connectivity index (χ1v) is 23.8. The lowest BCUT2D eigenvalue weighted by Gasteiger charge is -2.34. The number of hydrogen-bond acceptors (Lipinski definition) is 12. The van der Waals surface area contributed by atoms with Crippen molar-refractivity contribution in [3.05, 3.63) is 71.8 Å². The van der Waals surface area contributed by atoms with E-state index in [0.717, 1.165) is 10.5 Å². The molecule has 0 radical (unpaired) electrons. The lowest BCUT2D eigenvalue weighted by molar-refractivity contribution is -0.154. The fourth-order valence-corrected chi connectivity index (χ4v) is 8.32. The molecule has 0 aliphatic carbocycles. The van der Waals surface area contributed by atoms with Crippen LogP contribution < -0.4 is 27.0 Å². The minimum Gasteiger partial charge on any atom is -0.467 e. The molecule has 386 valence electrons. The van der Waals surface area contributed by atoms with Gasteiger partial charge in [0.25, 0.3) is 0 Å². The van der Waals surface area contributed by atoms with E-state index in [9.17, 15) is 53.4 Å². The van der Waals surface area contributed by atoms with Crippen LogP contribution in [0.25, 0.3) is 0 Å². The second-order valence-corrected chi connectivity index (χ2v) is 18.8. The van der Waals surface area contributed by atoms with Crippen LogP contribution in [0.5, 0.6) is 0 Å². The number of primary amides is 1. The van der Waals surface area contributed by atoms with Gasteiger partial charge in [-0.2, -0.15) is 0 Å². The lowest BCUT2D eigenvalue weighted by Crippen LogP contribution is -2.59. The van der Waals surface area contributed by atoms with Gasteiger partial charge in [-0.25, -0.2) is 4.79 Å². The Morgan fingerprint density at radius 1 is 0.743 bits per heavy atom. The zero-order chi connectivity index (χ0) is 52.4. The van der Waals surface area contributed by atoms with Crippen molar-refractivity contribution in [3.8, 4) is 0 Å². The Kier molecular flexibility index (Phi) is 22.9. The fourth-order valence-electron chi connectivity index (χ4n) is 8.32. The van der Waals surface area contributed by atoms with E-state index in [1.807, 2.05) is 32.0 Å². The van der Waals surface area contributed by atoms with Crippen LogP contribution in [0.4, 0.5) is 0 Å². The molecule has 9 atom stereocenters. The number of likely N-dealkylation sites (tertiary alicyclic amines) is 1. The Bertz CT molecular complexity index is 2110. The molecule has 0 bridgehead atoms. The van der Waals surface area contributed by atoms with E-state index < -0.39 is 120 Å². The highest BCUT2D eigenvalue weighted by Crippen LogP contribution is 2.23. The standard InChI is InChI=1S/C50H74N8O12/c1-29(2)25-36(45(64)52-31(5)47(66)57(8)39(27-34-19-14-11-15-20-34)48(67)58-24-16-21-38(58)50(69)70-9)53-42(62)28-40(60)35(26-33-17-12-10-13-18-33)54-46(65)37(22-23-41(51)61)56(7)49(68)43(30(3)4)55-44(63)32(6)59/h10-15,17-20,29-32,35-40,43,59-60H,16,21-28H2,1-9H3,(H2,51,61)(H,52,64)(H,53,62)(H,54,65)(H,55,63)/t31-,32+,35+,36+,37+,38+,39+,40+,43+/m1/s1. The molecule has 1 saturated heterocycles. The number of amides is 8. The van der Waals surface area contributed by atoms with Gasteiger partial charge < -0.3 is 56.7 Å². The third-order valence-electron chi connectivity index (χ3n) is 12.3. The predicted octanol–water partition coefficient (Wildman–Crippen LogP) is 0.348. The third kappa shape index (κ3) is 17.2. The van der Waals surface area contributed by atoms with Crippen LogP contribution in [0.2, 0.25) is 0 Å². The number of esters is 1. The average Bonchev–Trinajstić information content (AvgIpc) is 3.81. The molecule has 1 heterocycles. The number of nitrogens with zero attached hydrogens (tertiary/aromatic N) is 3. The molecule has 1 fully saturated rings. The van der Waals surface area contributed by atoms with Gasteiger partial charge in [-0.1, -0.05) is 88.4 Å². The van der Waals surface area contributed by atoms with E-state index in [1.54, 1.807) is 56.3 Å². The first-order chi connectivity index (χ1) is 33.0. The summed E-state index contributed by atoms with van der Waals surface area (Å²) < 4.78 is 4.95. The molecule has 8 amide bonds. The number of benzene rings is 2. The van der Waals surface area contributed by atoms with Gasteiger partial charge in [0.1, 0.15) is 42.4 Å². The summed E-state index contributed by atoms with van der Waals surface area (Å²) in [6.45, 7) is 9.97. The van der Waals surface area contributed by atoms with Crippen molar-refractivity contribution in [1.82, 2.24) is 36.0 Å². The molecule has 1 aliphatic heterocycles. The molecule has 70 heavy (non-hydrogen) atoms. The van der Waals surface area contributed by atoms with Crippen LogP contribution in [-0.4, -0.2) is 160 Å². The number of hydrogen-bond donors (Lipinski definition) is 7. The number of nitrogens with two attached hydrogens (primary N) is 1. The number of nitrogens with one attached hydrogen (secondary N) is 4. The van der Waals surface area contributed by atoms with Crippen molar-refractivity contribution < 1.29 is 58.1 Å². The number of rotatable bonds is 26. The number of aliphatic hydroxyl groups excluding tert-OH is 2. The number of carbonyl (C=O) groups excluding carboxylic acids is 9. The van der Waals surface area contributed by atoms with Gasteiger partial charge in [0.2, 0.25) is 47.3 Å². The number of likely N-dealkylation sites (N-methyl/N-ethyl adjacent to an activating group) is 2. The quantitative estimate of drug-likeness (QED) is 0.0629. The highest BCUT2D eigenvalue weighted by Gasteiger charge is 2.41. The molecular formula is C50H74N8O12. The van der Waals surface area contributed by atoms with Crippen molar-refractivity contribution in [2.24, 2.45) is 17.6 Å². The van der Waals surface area contributed by atoms with Crippen LogP contribution in [0, 0.1) is 11.8 Å². The fraction of sp³-hybridized carbons (Fsp3) is 0.580. The van der Waals surface area contributed by atoms with Crippen LogP contribution in [0.1, 0.15) is 91.2 Å². The second-order valence-electron chi connectivity index (χ2n) is 18.8. The summed E-state index contributed by atoms with van der Waals surface area (Å²) in [7, 11) is 4.02. The summed E-state index contributed by atoms with van der Waals surface area (Å²) in [5, 5.41) is 32.1. The Labute approximate surface area is 410 Å². The maximum Gasteiger partial charge on any atom is 0.328 e. The topological polar surface area (TPSA) is 287 Å². The van der Waals surface area contributed by atoms with Crippen molar-refractivity contribution in [3.63, 3.8) is 0 Å². The summed E-state index contributed by atoms with van der Waals surface area (Å²) in [5.41, 5.74) is 6.88. The molecule has 20 heteroatoms. The third-order valence-corrected chi connectivity index (χ3v) is 12.3. The van der Waals surface area contributed by atoms with Crippen molar-refractivity contribution in [2.75, 3.05) is 27.7 Å². The van der Waals surface area contributed by atoms with Crippen LogP contribution in [-0.2, 0) is 60.7 Å². The van der Waals surface area contributed by atoms with Gasteiger partial charge in [-0.15, -0.1) is 0 Å². The van der Waals surface area contributed by atoms with Crippen LogP contribution >= 0.6 is 0 Å². The number of carbonyl (C=O) groups is 9. The van der Waals surface area contributed by atoms with Gasteiger partial charge >= 0.3 is 5.97 Å². The van der Waals surface area contributed by atoms with Gasteiger partial charge in [-0.05, 0) is 68.9 Å². The highest BCUT2D eigenvalue weighted by molar-refractivity contribution is 5.96. The Morgan fingerprint density at radius 2 is 1.31 bits per heavy atom. The summed E-state index contributed by atoms with van der Waals surface area (Å²) >= 11 is 0. The van der Waals surface area contributed by atoms with Crippen LogP contribution in [0.15, 0.2) is 60.7 Å². The largest absolute Gasteiger partial charge is 0.467 e. The van der Waals surface area contributed by atoms with Gasteiger partial charge in [0.05, 0.1) is 25.7 Å². The molecule has 2 aromatic rings. The molecule has 8 N–H and O–H groups in total. The van der Waals surface area contributed by atoms with Gasteiger partial charge in [-0.3, -0.25) is 38.4 Å². The Morgan fingerprint density at radius 3 is 1.84 bits per heavy atom. The zero-order valence-electron chi connectivity index (χ0n) is 41.9. The van der Waals surface area contributed by atoms with E-state index in [0.29, 0.717) is 24.9 Å². The Balaban J connectivity index is 1.83. The molecule has 0 aromatic heterocycles. The zero-order valence-corrected chi connectivity index (χ0v) is 41.9. The van der Waals surface area contributed by atoms with E-state index in [-0.39, 0.29) is 38.0 Å². The molecule has 3 rings (SSSR count). The summed E-state index contributed by atoms with van der Waals surface area (Å²) in [6, 6.07) is 9.96. The number of methoxy groups -OCH3 is 1. The smallest absolute Gasteiger partial charge is 0.328 e. The summed E-state index contributed by atoms with van der Waals surface area (Å²) in [4.78, 5) is 125. The lowest BCUT2D eigenvalue weighted by atomic mass is 9.96. The van der Waals surface area contributed by atoms with E-state index >= 15 is 0 Å². The minimum atomic E-state index is -1.57. The number of aliphatic hydroxyl groups is 2. The summed E-state index contributed by atoms with van der Waals surface area (Å²) in [6.07, 6.45) is -2.88. The van der Waals surface area contributed by atoms with Gasteiger partial charge in [0.15, 0.2) is 0 Å². The maximum atomic E-state index is 14.2. The highest BCUT2D eigenvalue weighted by atomic mass is 16.5. The molecule has 0 unspecified atom stereocenters. The van der Waals surface area contributed by atoms with E-state index in [4.69, 9.17) is 10.5 Å². The normalized spacial score (nSPS) is 16.9. The molecule has 1 aliphatic rings. The molecule has 2 aromatic carbocycles. The van der Waals surface area contributed by atoms with Gasteiger partial charge in [0, 0.05) is 33.5 Å². The van der Waals surface area contributed by atoms with Crippen molar-refractivity contribution in [1.29, 1.82) is 0 Å². The Hall–Kier alpha value is -6.41. The van der Waals surface area contributed by atoms with Crippen molar-refractivity contribution in [2.45, 2.75) is 147 Å². The molecule has 0 spiro atoms. The SMILES string of the molecule is COC(=O)[C@@H]1CCCN1C(=O)[C@H](Cc1ccccc1)N(C)C(=O)[C@@H](C)NC(=O)[C@H](CC(C)C)NC(=O)C[C@H](O)[C@H](Cc1ccccc1)NC(=O)[C@H](CCC(N)=O)N(C)C(=O)[C@@H](NC(=O)[C@H](C)O)C(C)C. The van der Waals surface area contributed by atoms with Crippen LogP contribution in [0.3, 0.4) is 0 Å². The maximum absolute atomic E-state index is 14.2. The van der Waals surface area contributed by atoms with E-state index in [1.165, 1.54) is 44.9 Å². The van der Waals surface area contributed by atoms with Crippen molar-refractivity contribution >= 4 is 53.2 Å². The number of ether oxygens (including phenoxy) is 1. The monoisotopic (exact) mass is 979 g/mol.